The van der Waals surface area contributed by atoms with Crippen LogP contribution in [0.4, 0.5) is 8.78 Å². The average molecular weight is 212 g/mol. The molecule has 1 aliphatic rings. The normalized spacial score (nSPS) is 21.7. The largest absolute Gasteiger partial charge is 0.372 e. The number of ketones is 1. The van der Waals surface area contributed by atoms with Gasteiger partial charge < -0.3 is 4.74 Å². The van der Waals surface area contributed by atoms with Crippen molar-refractivity contribution in [3.63, 3.8) is 0 Å². The number of Topliss-reactive ketones (excluding diaryl/α,β-unsaturated/α-hetero) is 1. The van der Waals surface area contributed by atoms with Gasteiger partial charge in [-0.15, -0.1) is 0 Å². The van der Waals surface area contributed by atoms with Gasteiger partial charge in [-0.1, -0.05) is 6.07 Å². The van der Waals surface area contributed by atoms with Crippen molar-refractivity contribution in [1.82, 2.24) is 0 Å². The van der Waals surface area contributed by atoms with Gasteiger partial charge in [-0.05, 0) is 12.1 Å². The minimum Gasteiger partial charge on any atom is -0.372 e. The summed E-state index contributed by atoms with van der Waals surface area (Å²) < 4.78 is 31.9. The lowest BCUT2D eigenvalue weighted by molar-refractivity contribution is -0.128. The Labute approximate surface area is 85.9 Å². The van der Waals surface area contributed by atoms with Gasteiger partial charge >= 0.3 is 0 Å². The Morgan fingerprint density at radius 3 is 2.53 bits per heavy atom. The van der Waals surface area contributed by atoms with Gasteiger partial charge in [0, 0.05) is 12.8 Å². The van der Waals surface area contributed by atoms with E-state index >= 15 is 0 Å². The van der Waals surface area contributed by atoms with Crippen LogP contribution in [0, 0.1) is 11.6 Å². The molecule has 15 heavy (non-hydrogen) atoms. The molecule has 1 fully saturated rings. The molecule has 0 bridgehead atoms. The predicted octanol–water partition coefficient (Wildman–Crippen LogP) is 2.39. The Morgan fingerprint density at radius 2 is 1.93 bits per heavy atom. The highest BCUT2D eigenvalue weighted by Gasteiger charge is 2.26. The molecule has 0 spiro atoms. The molecule has 80 valence electrons. The van der Waals surface area contributed by atoms with Crippen molar-refractivity contribution in [2.24, 2.45) is 0 Å². The molecule has 2 nitrogen and oxygen atoms in total. The monoisotopic (exact) mass is 212 g/mol. The fourth-order valence-electron chi connectivity index (χ4n) is 1.69. The van der Waals surface area contributed by atoms with Crippen LogP contribution in [0.15, 0.2) is 18.2 Å². The van der Waals surface area contributed by atoms with Gasteiger partial charge in [0.2, 0.25) is 0 Å². The van der Waals surface area contributed by atoms with E-state index in [4.69, 9.17) is 4.74 Å². The van der Waals surface area contributed by atoms with Gasteiger partial charge in [0.15, 0.2) is 0 Å². The number of carbonyl (C=O) groups excluding carboxylic acids is 1. The smallest absolute Gasteiger partial charge is 0.138 e. The lowest BCUT2D eigenvalue weighted by Gasteiger charge is -2.22. The van der Waals surface area contributed by atoms with Gasteiger partial charge in [-0.25, -0.2) is 8.78 Å². The minimum atomic E-state index is -0.771. The Balaban J connectivity index is 2.32. The van der Waals surface area contributed by atoms with E-state index in [0.717, 1.165) is 0 Å². The van der Waals surface area contributed by atoms with E-state index in [2.05, 4.69) is 0 Å². The van der Waals surface area contributed by atoms with Crippen LogP contribution in [0.5, 0.6) is 0 Å². The zero-order valence-corrected chi connectivity index (χ0v) is 8.00. The van der Waals surface area contributed by atoms with E-state index < -0.39 is 17.7 Å². The summed E-state index contributed by atoms with van der Waals surface area (Å²) in [6.07, 6.45) is -0.391. The van der Waals surface area contributed by atoms with Crippen molar-refractivity contribution in [3.8, 4) is 0 Å². The van der Waals surface area contributed by atoms with Gasteiger partial charge in [0.05, 0.1) is 18.3 Å². The van der Waals surface area contributed by atoms with Crippen molar-refractivity contribution in [2.75, 3.05) is 6.61 Å². The molecule has 1 aromatic carbocycles. The molecule has 0 amide bonds. The first kappa shape index (κ1) is 10.2. The first-order chi connectivity index (χ1) is 7.18. The molecule has 0 aromatic heterocycles. The predicted molar refractivity (Wildman–Crippen MR) is 49.3 cm³/mol. The number of hydrogen-bond donors (Lipinski definition) is 0. The van der Waals surface area contributed by atoms with Crippen molar-refractivity contribution in [1.29, 1.82) is 0 Å². The van der Waals surface area contributed by atoms with Gasteiger partial charge in [0.1, 0.15) is 17.4 Å². The van der Waals surface area contributed by atoms with Crippen LogP contribution in [-0.4, -0.2) is 12.4 Å². The third-order valence-corrected chi connectivity index (χ3v) is 2.43. The highest BCUT2D eigenvalue weighted by atomic mass is 19.1. The van der Waals surface area contributed by atoms with Crippen LogP contribution in [0.1, 0.15) is 24.5 Å². The molecule has 1 saturated heterocycles. The van der Waals surface area contributed by atoms with Crippen molar-refractivity contribution in [2.45, 2.75) is 18.9 Å². The molecule has 1 aliphatic heterocycles. The minimum absolute atomic E-state index is 0.0195. The van der Waals surface area contributed by atoms with Crippen molar-refractivity contribution in [3.05, 3.63) is 35.4 Å². The second kappa shape index (κ2) is 4.06. The maximum absolute atomic E-state index is 13.3. The molecule has 0 N–H and O–H groups in total. The molecular formula is C11H10F2O2. The standard InChI is InChI=1S/C11H10F2O2/c12-8-2-1-3-9(13)11(8)10-6-7(14)4-5-15-10/h1-3,10H,4-6H2. The summed E-state index contributed by atoms with van der Waals surface area (Å²) in [5, 5.41) is 0. The quantitative estimate of drug-likeness (QED) is 0.714. The summed E-state index contributed by atoms with van der Waals surface area (Å²) >= 11 is 0. The van der Waals surface area contributed by atoms with Gasteiger partial charge in [-0.2, -0.15) is 0 Å². The zero-order chi connectivity index (χ0) is 10.8. The molecule has 0 saturated carbocycles. The summed E-state index contributed by atoms with van der Waals surface area (Å²) in [5.74, 6) is -1.33. The Hall–Kier alpha value is -1.29. The number of ether oxygens (including phenoxy) is 1. The summed E-state index contributed by atoms with van der Waals surface area (Å²) in [6, 6.07) is 3.63. The van der Waals surface area contributed by atoms with Crippen molar-refractivity contribution < 1.29 is 18.3 Å². The molecule has 1 atom stereocenters. The third kappa shape index (κ3) is 2.04. The fourth-order valence-corrected chi connectivity index (χ4v) is 1.69. The maximum Gasteiger partial charge on any atom is 0.138 e. The Morgan fingerprint density at radius 1 is 1.27 bits per heavy atom. The van der Waals surface area contributed by atoms with Crippen molar-refractivity contribution >= 4 is 5.78 Å². The van der Waals surface area contributed by atoms with E-state index in [-0.39, 0.29) is 24.4 Å². The summed E-state index contributed by atoms with van der Waals surface area (Å²) in [4.78, 5) is 11.1. The van der Waals surface area contributed by atoms with Crippen LogP contribution < -0.4 is 0 Å². The fraction of sp³-hybridized carbons (Fsp3) is 0.364. The highest BCUT2D eigenvalue weighted by molar-refractivity contribution is 5.79. The first-order valence-corrected chi connectivity index (χ1v) is 4.75. The van der Waals surface area contributed by atoms with E-state index in [1.54, 1.807) is 0 Å². The molecule has 1 aromatic rings. The lowest BCUT2D eigenvalue weighted by atomic mass is 9.99. The average Bonchev–Trinajstić information content (AvgIpc) is 2.17. The van der Waals surface area contributed by atoms with Crippen LogP contribution >= 0.6 is 0 Å². The first-order valence-electron chi connectivity index (χ1n) is 4.75. The zero-order valence-electron chi connectivity index (χ0n) is 8.00. The second-order valence-corrected chi connectivity index (χ2v) is 3.49. The number of halogens is 2. The summed E-state index contributed by atoms with van der Waals surface area (Å²) in [6.45, 7) is 0.233. The number of hydrogen-bond acceptors (Lipinski definition) is 2. The summed E-state index contributed by atoms with van der Waals surface area (Å²) in [5.41, 5.74) is -0.134. The van der Waals surface area contributed by atoms with E-state index in [9.17, 15) is 13.6 Å². The van der Waals surface area contributed by atoms with E-state index in [1.165, 1.54) is 18.2 Å². The molecule has 1 heterocycles. The van der Waals surface area contributed by atoms with Crippen LogP contribution in [0.25, 0.3) is 0 Å². The third-order valence-electron chi connectivity index (χ3n) is 2.43. The topological polar surface area (TPSA) is 26.3 Å². The maximum atomic E-state index is 13.3. The number of carbonyl (C=O) groups is 1. The van der Waals surface area contributed by atoms with Crippen LogP contribution in [-0.2, 0) is 9.53 Å². The van der Waals surface area contributed by atoms with E-state index in [1.807, 2.05) is 0 Å². The SMILES string of the molecule is O=C1CCOC(c2c(F)cccc2F)C1. The molecule has 4 heteroatoms. The lowest BCUT2D eigenvalue weighted by Crippen LogP contribution is -2.21. The molecular weight excluding hydrogens is 202 g/mol. The van der Waals surface area contributed by atoms with E-state index in [0.29, 0.717) is 6.42 Å². The number of benzene rings is 1. The van der Waals surface area contributed by atoms with Gasteiger partial charge in [0.25, 0.3) is 0 Å². The Bertz CT molecular complexity index is 370. The van der Waals surface area contributed by atoms with Crippen LogP contribution in [0.3, 0.4) is 0 Å². The highest BCUT2D eigenvalue weighted by Crippen LogP contribution is 2.29. The van der Waals surface area contributed by atoms with Crippen LogP contribution in [0.2, 0.25) is 0 Å². The molecule has 2 rings (SSSR count). The molecule has 1 unspecified atom stereocenters. The Kier molecular flexibility index (Phi) is 2.77. The van der Waals surface area contributed by atoms with Gasteiger partial charge in [-0.3, -0.25) is 4.79 Å². The summed E-state index contributed by atoms with van der Waals surface area (Å²) in [7, 11) is 0. The second-order valence-electron chi connectivity index (χ2n) is 3.49. The molecule has 0 aliphatic carbocycles. The molecule has 0 radical (unpaired) electrons. The number of rotatable bonds is 1.